The molecule has 6 nitrogen and oxygen atoms in total. The molecule has 1 unspecified atom stereocenters. The molecule has 116 valence electrons. The summed E-state index contributed by atoms with van der Waals surface area (Å²) >= 11 is 0. The SMILES string of the molecule is CCCC(COC)Nc1ccc2nnc(C(F)(F)F)n2n1. The molecule has 2 rings (SSSR count). The van der Waals surface area contributed by atoms with Crippen LogP contribution in [0.3, 0.4) is 0 Å². The van der Waals surface area contributed by atoms with Gasteiger partial charge in [0, 0.05) is 7.11 Å². The first-order chi connectivity index (χ1) is 9.95. The first-order valence-electron chi connectivity index (χ1n) is 6.50. The lowest BCUT2D eigenvalue weighted by Crippen LogP contribution is -2.25. The van der Waals surface area contributed by atoms with Crippen molar-refractivity contribution in [2.75, 3.05) is 19.0 Å². The summed E-state index contributed by atoms with van der Waals surface area (Å²) in [5.74, 6) is -0.816. The standard InChI is InChI=1S/C12H16F3N5O/c1-3-4-8(7-21-2)16-9-5-6-10-17-18-11(12(13,14)15)20(10)19-9/h5-6,8H,3-4,7H2,1-2H3,(H,16,19). The Balaban J connectivity index is 2.28. The molecule has 9 heteroatoms. The number of nitrogens with zero attached hydrogens (tertiary/aromatic N) is 4. The van der Waals surface area contributed by atoms with Crippen LogP contribution < -0.4 is 5.32 Å². The molecule has 2 aromatic heterocycles. The van der Waals surface area contributed by atoms with Crippen LogP contribution in [0.4, 0.5) is 19.0 Å². The summed E-state index contributed by atoms with van der Waals surface area (Å²) in [6.07, 6.45) is -2.86. The van der Waals surface area contributed by atoms with Gasteiger partial charge in [-0.2, -0.15) is 17.7 Å². The van der Waals surface area contributed by atoms with Crippen molar-refractivity contribution < 1.29 is 17.9 Å². The number of alkyl halides is 3. The Hall–Kier alpha value is -1.90. The zero-order valence-corrected chi connectivity index (χ0v) is 11.7. The topological polar surface area (TPSA) is 64.3 Å². The highest BCUT2D eigenvalue weighted by Gasteiger charge is 2.37. The minimum absolute atomic E-state index is 0.0178. The van der Waals surface area contributed by atoms with E-state index in [9.17, 15) is 13.2 Å². The number of halogens is 3. The van der Waals surface area contributed by atoms with Crippen molar-refractivity contribution in [3.05, 3.63) is 18.0 Å². The Kier molecular flexibility index (Phi) is 4.61. The van der Waals surface area contributed by atoms with Gasteiger partial charge in [-0.1, -0.05) is 13.3 Å². The third-order valence-corrected chi connectivity index (χ3v) is 2.87. The first-order valence-corrected chi connectivity index (χ1v) is 6.50. The molecule has 0 aromatic carbocycles. The zero-order chi connectivity index (χ0) is 15.5. The molecule has 0 radical (unpaired) electrons. The van der Waals surface area contributed by atoms with Gasteiger partial charge in [-0.15, -0.1) is 15.3 Å². The number of rotatable bonds is 6. The molecule has 1 atom stereocenters. The Morgan fingerprint density at radius 1 is 1.33 bits per heavy atom. The third-order valence-electron chi connectivity index (χ3n) is 2.87. The van der Waals surface area contributed by atoms with Gasteiger partial charge in [0.15, 0.2) is 5.65 Å². The second kappa shape index (κ2) is 6.25. The van der Waals surface area contributed by atoms with Crippen molar-refractivity contribution >= 4 is 11.5 Å². The van der Waals surface area contributed by atoms with Gasteiger partial charge >= 0.3 is 6.18 Å². The van der Waals surface area contributed by atoms with Crippen LogP contribution >= 0.6 is 0 Å². The van der Waals surface area contributed by atoms with Gasteiger partial charge in [-0.25, -0.2) is 0 Å². The summed E-state index contributed by atoms with van der Waals surface area (Å²) in [6, 6.07) is 2.99. The van der Waals surface area contributed by atoms with Crippen molar-refractivity contribution in [2.45, 2.75) is 32.0 Å². The molecule has 2 aromatic rings. The smallest absolute Gasteiger partial charge is 0.383 e. The van der Waals surface area contributed by atoms with E-state index in [1.165, 1.54) is 6.07 Å². The molecule has 0 fully saturated rings. The summed E-state index contributed by atoms with van der Waals surface area (Å²) in [6.45, 7) is 2.46. The van der Waals surface area contributed by atoms with Crippen LogP contribution in [-0.2, 0) is 10.9 Å². The maximum atomic E-state index is 12.8. The van der Waals surface area contributed by atoms with Gasteiger partial charge < -0.3 is 10.1 Å². The van der Waals surface area contributed by atoms with E-state index < -0.39 is 12.0 Å². The first kappa shape index (κ1) is 15.5. The van der Waals surface area contributed by atoms with Gasteiger partial charge in [-0.3, -0.25) is 0 Å². The van der Waals surface area contributed by atoms with Gasteiger partial charge in [0.05, 0.1) is 12.6 Å². The van der Waals surface area contributed by atoms with Gasteiger partial charge in [0.2, 0.25) is 0 Å². The molecule has 0 aliphatic carbocycles. The second-order valence-corrected chi connectivity index (χ2v) is 4.60. The van der Waals surface area contributed by atoms with E-state index in [0.717, 1.165) is 12.8 Å². The highest BCUT2D eigenvalue weighted by Crippen LogP contribution is 2.27. The molecule has 0 bridgehead atoms. The molecule has 0 saturated heterocycles. The van der Waals surface area contributed by atoms with Gasteiger partial charge in [0.1, 0.15) is 5.82 Å². The normalized spacial score (nSPS) is 13.6. The molecule has 0 saturated carbocycles. The number of hydrogen-bond donors (Lipinski definition) is 1. The lowest BCUT2D eigenvalue weighted by molar-refractivity contribution is -0.146. The fraction of sp³-hybridized carbons (Fsp3) is 0.583. The molecule has 1 N–H and O–H groups in total. The Morgan fingerprint density at radius 3 is 2.71 bits per heavy atom. The van der Waals surface area contributed by atoms with Crippen molar-refractivity contribution in [3.8, 4) is 0 Å². The van der Waals surface area contributed by atoms with E-state index in [1.807, 2.05) is 6.92 Å². The number of nitrogens with one attached hydrogen (secondary N) is 1. The predicted molar refractivity (Wildman–Crippen MR) is 70.0 cm³/mol. The third kappa shape index (κ3) is 3.60. The van der Waals surface area contributed by atoms with Crippen LogP contribution in [0.2, 0.25) is 0 Å². The summed E-state index contributed by atoms with van der Waals surface area (Å²) in [7, 11) is 1.57. The van der Waals surface area contributed by atoms with Gasteiger partial charge in [-0.05, 0) is 18.6 Å². The largest absolute Gasteiger partial charge is 0.453 e. The minimum atomic E-state index is -4.60. The molecule has 21 heavy (non-hydrogen) atoms. The highest BCUT2D eigenvalue weighted by atomic mass is 19.4. The summed E-state index contributed by atoms with van der Waals surface area (Å²) in [5, 5.41) is 13.6. The van der Waals surface area contributed by atoms with E-state index >= 15 is 0 Å². The monoisotopic (exact) mass is 303 g/mol. The minimum Gasteiger partial charge on any atom is -0.383 e. The molecule has 0 spiro atoms. The molecular weight excluding hydrogens is 287 g/mol. The van der Waals surface area contributed by atoms with Crippen LogP contribution in [-0.4, -0.2) is 39.6 Å². The maximum absolute atomic E-state index is 12.8. The van der Waals surface area contributed by atoms with E-state index in [0.29, 0.717) is 16.9 Å². The van der Waals surface area contributed by atoms with Crippen molar-refractivity contribution in [2.24, 2.45) is 0 Å². The van der Waals surface area contributed by atoms with E-state index in [-0.39, 0.29) is 11.7 Å². The lowest BCUT2D eigenvalue weighted by Gasteiger charge is -2.17. The maximum Gasteiger partial charge on any atom is 0.453 e. The van der Waals surface area contributed by atoms with Crippen LogP contribution in [0.15, 0.2) is 12.1 Å². The number of methoxy groups -OCH3 is 1. The average Bonchev–Trinajstić information content (AvgIpc) is 2.82. The van der Waals surface area contributed by atoms with Crippen LogP contribution in [0.1, 0.15) is 25.6 Å². The fourth-order valence-electron chi connectivity index (χ4n) is 2.00. The number of ether oxygens (including phenoxy) is 1. The number of aromatic nitrogens is 4. The van der Waals surface area contributed by atoms with Crippen molar-refractivity contribution in [1.29, 1.82) is 0 Å². The Bertz CT molecular complexity index is 592. The molecule has 0 aliphatic rings. The quantitative estimate of drug-likeness (QED) is 0.887. The van der Waals surface area contributed by atoms with Crippen LogP contribution in [0.25, 0.3) is 5.65 Å². The Labute approximate surface area is 119 Å². The van der Waals surface area contributed by atoms with E-state index in [4.69, 9.17) is 4.74 Å². The molecule has 2 heterocycles. The fourth-order valence-corrected chi connectivity index (χ4v) is 2.00. The Morgan fingerprint density at radius 2 is 2.10 bits per heavy atom. The molecular formula is C12H16F3N5O. The highest BCUT2D eigenvalue weighted by molar-refractivity contribution is 5.44. The van der Waals surface area contributed by atoms with E-state index in [2.05, 4.69) is 20.6 Å². The van der Waals surface area contributed by atoms with Crippen LogP contribution in [0.5, 0.6) is 0 Å². The van der Waals surface area contributed by atoms with Crippen molar-refractivity contribution in [1.82, 2.24) is 19.8 Å². The average molecular weight is 303 g/mol. The van der Waals surface area contributed by atoms with E-state index in [1.54, 1.807) is 13.2 Å². The predicted octanol–water partition coefficient (Wildman–Crippen LogP) is 2.37. The molecule has 0 aliphatic heterocycles. The number of anilines is 1. The number of hydrogen-bond acceptors (Lipinski definition) is 5. The summed E-state index contributed by atoms with van der Waals surface area (Å²) < 4.78 is 44.1. The molecule has 0 amide bonds. The summed E-state index contributed by atoms with van der Waals surface area (Å²) in [4.78, 5) is 0. The van der Waals surface area contributed by atoms with Crippen molar-refractivity contribution in [3.63, 3.8) is 0 Å². The van der Waals surface area contributed by atoms with Gasteiger partial charge in [0.25, 0.3) is 5.82 Å². The summed E-state index contributed by atoms with van der Waals surface area (Å²) in [5.41, 5.74) is 0.0478. The second-order valence-electron chi connectivity index (χ2n) is 4.60. The van der Waals surface area contributed by atoms with Crippen LogP contribution in [0, 0.1) is 0 Å². The zero-order valence-electron chi connectivity index (χ0n) is 11.7. The lowest BCUT2D eigenvalue weighted by atomic mass is 10.2. The number of fused-ring (bicyclic) bond motifs is 1.